The molecule has 4 rings (SSSR count). The van der Waals surface area contributed by atoms with Crippen LogP contribution in [0.25, 0.3) is 0 Å². The SMILES string of the molecule is Cc1cc(C)c2c(c1C)OC(C)(COc1ccc(Cc3sc(=O)[nH]c3O)cc1)CC2. The fraction of sp³-hybridized carbons (Fsp3) is 0.375. The van der Waals surface area contributed by atoms with E-state index in [2.05, 4.69) is 38.7 Å². The van der Waals surface area contributed by atoms with Crippen LogP contribution in [-0.2, 0) is 12.8 Å². The zero-order valence-electron chi connectivity index (χ0n) is 17.8. The number of fused-ring (bicyclic) bond motifs is 1. The second-order valence-electron chi connectivity index (χ2n) is 8.39. The number of aryl methyl sites for hydroxylation is 2. The number of thiazole rings is 1. The minimum absolute atomic E-state index is 0.0475. The highest BCUT2D eigenvalue weighted by atomic mass is 32.1. The van der Waals surface area contributed by atoms with Gasteiger partial charge in [0.25, 0.3) is 0 Å². The number of rotatable bonds is 5. The van der Waals surface area contributed by atoms with Gasteiger partial charge in [-0.15, -0.1) is 0 Å². The molecule has 0 fully saturated rings. The van der Waals surface area contributed by atoms with Crippen LogP contribution in [0.5, 0.6) is 17.4 Å². The maximum Gasteiger partial charge on any atom is 0.307 e. The quantitative estimate of drug-likeness (QED) is 0.615. The summed E-state index contributed by atoms with van der Waals surface area (Å²) in [6.45, 7) is 8.98. The lowest BCUT2D eigenvalue weighted by Crippen LogP contribution is -2.42. The molecule has 1 unspecified atom stereocenters. The number of benzene rings is 2. The van der Waals surface area contributed by atoms with Gasteiger partial charge in [0.2, 0.25) is 5.88 Å². The van der Waals surface area contributed by atoms with E-state index in [1.165, 1.54) is 22.3 Å². The van der Waals surface area contributed by atoms with E-state index in [0.29, 0.717) is 17.9 Å². The number of hydrogen-bond donors (Lipinski definition) is 2. The van der Waals surface area contributed by atoms with E-state index in [9.17, 15) is 9.90 Å². The van der Waals surface area contributed by atoms with E-state index in [0.717, 1.165) is 41.2 Å². The fourth-order valence-corrected chi connectivity index (χ4v) is 4.70. The van der Waals surface area contributed by atoms with E-state index >= 15 is 0 Å². The average molecular weight is 426 g/mol. The van der Waals surface area contributed by atoms with Crippen LogP contribution in [0.3, 0.4) is 0 Å². The largest absolute Gasteiger partial charge is 0.494 e. The van der Waals surface area contributed by atoms with Gasteiger partial charge in [-0.3, -0.25) is 9.78 Å². The van der Waals surface area contributed by atoms with Crippen LogP contribution in [0.1, 0.15) is 46.0 Å². The molecule has 6 heteroatoms. The number of aromatic amines is 1. The van der Waals surface area contributed by atoms with Crippen molar-refractivity contribution in [3.63, 3.8) is 0 Å². The lowest BCUT2D eigenvalue weighted by atomic mass is 9.88. The highest BCUT2D eigenvalue weighted by Crippen LogP contribution is 2.39. The molecule has 3 aromatic rings. The van der Waals surface area contributed by atoms with Crippen LogP contribution < -0.4 is 14.3 Å². The summed E-state index contributed by atoms with van der Waals surface area (Å²) in [6, 6.07) is 9.98. The molecule has 1 atom stereocenters. The van der Waals surface area contributed by atoms with Gasteiger partial charge in [0.15, 0.2) is 0 Å². The van der Waals surface area contributed by atoms with Crippen LogP contribution in [0.4, 0.5) is 0 Å². The summed E-state index contributed by atoms with van der Waals surface area (Å²) >= 11 is 1.03. The van der Waals surface area contributed by atoms with Crippen molar-refractivity contribution in [2.45, 2.75) is 52.6 Å². The number of nitrogens with one attached hydrogen (secondary N) is 1. The summed E-state index contributed by atoms with van der Waals surface area (Å²) in [4.78, 5) is 14.1. The van der Waals surface area contributed by atoms with Crippen molar-refractivity contribution in [2.24, 2.45) is 0 Å². The molecule has 1 aliphatic heterocycles. The van der Waals surface area contributed by atoms with E-state index in [1.807, 2.05) is 24.3 Å². The first-order valence-electron chi connectivity index (χ1n) is 10.2. The topological polar surface area (TPSA) is 71.5 Å². The first-order chi connectivity index (χ1) is 14.2. The molecule has 2 heterocycles. The number of aromatic hydroxyl groups is 1. The number of aromatic nitrogens is 1. The minimum Gasteiger partial charge on any atom is -0.494 e. The fourth-order valence-electron chi connectivity index (χ4n) is 3.94. The zero-order chi connectivity index (χ0) is 21.5. The molecule has 2 aromatic carbocycles. The van der Waals surface area contributed by atoms with Gasteiger partial charge in [-0.05, 0) is 80.5 Å². The summed E-state index contributed by atoms with van der Waals surface area (Å²) < 4.78 is 12.5. The summed E-state index contributed by atoms with van der Waals surface area (Å²) in [6.07, 6.45) is 2.41. The van der Waals surface area contributed by atoms with Crippen molar-refractivity contribution in [1.29, 1.82) is 0 Å². The van der Waals surface area contributed by atoms with Gasteiger partial charge in [0.05, 0.1) is 4.88 Å². The Kier molecular flexibility index (Phi) is 5.36. The Labute approximate surface area is 180 Å². The Hall–Kier alpha value is -2.73. The van der Waals surface area contributed by atoms with Gasteiger partial charge in [-0.1, -0.05) is 29.5 Å². The van der Waals surface area contributed by atoms with Gasteiger partial charge >= 0.3 is 4.87 Å². The standard InChI is InChI=1S/C24H27NO4S/c1-14-11-15(2)19-9-10-24(4,29-21(19)16(14)3)13-28-18-7-5-17(6-8-18)12-20-22(26)25-23(27)30-20/h5-8,11,26H,9-10,12-13H2,1-4H3,(H,25,27). The van der Waals surface area contributed by atoms with Crippen molar-refractivity contribution in [3.05, 3.63) is 72.7 Å². The highest BCUT2D eigenvalue weighted by molar-refractivity contribution is 7.09. The van der Waals surface area contributed by atoms with Crippen molar-refractivity contribution >= 4 is 11.3 Å². The van der Waals surface area contributed by atoms with E-state index in [-0.39, 0.29) is 16.4 Å². The molecule has 30 heavy (non-hydrogen) atoms. The first-order valence-corrected chi connectivity index (χ1v) is 11.0. The summed E-state index contributed by atoms with van der Waals surface area (Å²) in [5.41, 5.74) is 5.70. The second kappa shape index (κ2) is 7.84. The molecular weight excluding hydrogens is 398 g/mol. The molecule has 5 nitrogen and oxygen atoms in total. The minimum atomic E-state index is -0.375. The third kappa shape index (κ3) is 4.10. The predicted molar refractivity (Wildman–Crippen MR) is 119 cm³/mol. The maximum absolute atomic E-state index is 11.3. The van der Waals surface area contributed by atoms with Crippen LogP contribution in [0, 0.1) is 20.8 Å². The number of hydrogen-bond acceptors (Lipinski definition) is 5. The van der Waals surface area contributed by atoms with Crippen molar-refractivity contribution in [1.82, 2.24) is 4.98 Å². The van der Waals surface area contributed by atoms with Gasteiger partial charge < -0.3 is 14.6 Å². The summed E-state index contributed by atoms with van der Waals surface area (Å²) in [5, 5.41) is 9.74. The molecule has 0 spiro atoms. The Morgan fingerprint density at radius 2 is 1.93 bits per heavy atom. The number of H-pyrrole nitrogens is 1. The van der Waals surface area contributed by atoms with Crippen LogP contribution in [0.15, 0.2) is 35.1 Å². The predicted octanol–water partition coefficient (Wildman–Crippen LogP) is 4.82. The molecule has 1 aromatic heterocycles. The average Bonchev–Trinajstić information content (AvgIpc) is 3.02. The lowest BCUT2D eigenvalue weighted by molar-refractivity contribution is 0.0167. The van der Waals surface area contributed by atoms with Gasteiger partial charge in [-0.25, -0.2) is 0 Å². The van der Waals surface area contributed by atoms with Gasteiger partial charge in [0.1, 0.15) is 23.7 Å². The first kappa shape index (κ1) is 20.5. The normalized spacial score (nSPS) is 18.0. The maximum atomic E-state index is 11.3. The van der Waals surface area contributed by atoms with Crippen LogP contribution >= 0.6 is 11.3 Å². The summed E-state index contributed by atoms with van der Waals surface area (Å²) in [5.74, 6) is 1.75. The second-order valence-corrected chi connectivity index (χ2v) is 9.46. The number of ether oxygens (including phenoxy) is 2. The van der Waals surface area contributed by atoms with Crippen LogP contribution in [0.2, 0.25) is 0 Å². The molecule has 0 radical (unpaired) electrons. The zero-order valence-corrected chi connectivity index (χ0v) is 18.6. The molecule has 158 valence electrons. The molecular formula is C24H27NO4S. The Balaban J connectivity index is 1.42. The molecule has 1 aliphatic rings. The lowest BCUT2D eigenvalue weighted by Gasteiger charge is -2.37. The molecule has 2 N–H and O–H groups in total. The Morgan fingerprint density at radius 3 is 2.60 bits per heavy atom. The van der Waals surface area contributed by atoms with E-state index < -0.39 is 0 Å². The van der Waals surface area contributed by atoms with Gasteiger partial charge in [-0.2, -0.15) is 0 Å². The van der Waals surface area contributed by atoms with Crippen molar-refractivity contribution in [2.75, 3.05) is 6.61 Å². The Morgan fingerprint density at radius 1 is 1.20 bits per heavy atom. The van der Waals surface area contributed by atoms with Crippen LogP contribution in [-0.4, -0.2) is 22.3 Å². The molecule has 0 saturated heterocycles. The monoisotopic (exact) mass is 425 g/mol. The third-order valence-corrected chi connectivity index (χ3v) is 6.77. The van der Waals surface area contributed by atoms with Gasteiger partial charge in [0, 0.05) is 6.42 Å². The third-order valence-electron chi connectivity index (χ3n) is 5.90. The molecule has 0 bridgehead atoms. The highest BCUT2D eigenvalue weighted by Gasteiger charge is 2.34. The van der Waals surface area contributed by atoms with E-state index in [4.69, 9.17) is 9.47 Å². The Bertz CT molecular complexity index is 1130. The molecule has 0 aliphatic carbocycles. The summed E-state index contributed by atoms with van der Waals surface area (Å²) in [7, 11) is 0. The molecule has 0 amide bonds. The van der Waals surface area contributed by atoms with Crippen molar-refractivity contribution in [3.8, 4) is 17.4 Å². The smallest absolute Gasteiger partial charge is 0.307 e. The van der Waals surface area contributed by atoms with E-state index in [1.54, 1.807) is 0 Å². The van der Waals surface area contributed by atoms with Crippen molar-refractivity contribution < 1.29 is 14.6 Å². The molecule has 0 saturated carbocycles.